The molecule has 0 saturated carbocycles. The fourth-order valence-electron chi connectivity index (χ4n) is 2.28. The van der Waals surface area contributed by atoms with Crippen molar-refractivity contribution in [3.63, 3.8) is 0 Å². The maximum absolute atomic E-state index is 4.88. The van der Waals surface area contributed by atoms with Crippen LogP contribution in [0.15, 0.2) is 42.6 Å². The Morgan fingerprint density at radius 2 is 1.63 bits per heavy atom. The smallest absolute Gasteiger partial charge is 0.0968 e. The van der Waals surface area contributed by atoms with Crippen molar-refractivity contribution in [3.8, 4) is 0 Å². The van der Waals surface area contributed by atoms with E-state index in [1.165, 1.54) is 0 Å². The molecule has 0 saturated heterocycles. The van der Waals surface area contributed by atoms with Crippen molar-refractivity contribution in [1.29, 1.82) is 0 Å². The highest BCUT2D eigenvalue weighted by molar-refractivity contribution is 6.02. The lowest BCUT2D eigenvalue weighted by atomic mass is 9.86. The molecule has 0 spiro atoms. The summed E-state index contributed by atoms with van der Waals surface area (Å²) in [6.07, 6.45) is 2.91. The summed E-state index contributed by atoms with van der Waals surface area (Å²) in [5, 5.41) is 2.30. The zero-order valence-electron chi connectivity index (χ0n) is 11.6. The van der Waals surface area contributed by atoms with E-state index in [0.717, 1.165) is 33.9 Å². The summed E-state index contributed by atoms with van der Waals surface area (Å²) in [5.74, 6) is 0. The maximum Gasteiger partial charge on any atom is 0.0968 e. The van der Waals surface area contributed by atoms with Crippen LogP contribution in [0.25, 0.3) is 21.8 Å². The molecule has 2 aromatic heterocycles. The summed E-state index contributed by atoms with van der Waals surface area (Å²) < 4.78 is 0. The molecular formula is C17H18N2. The SMILES string of the molecule is CCC(C)(C)c1ccc2ccc3cccnc3c2n1. The van der Waals surface area contributed by atoms with Gasteiger partial charge >= 0.3 is 0 Å². The zero-order chi connectivity index (χ0) is 13.5. The van der Waals surface area contributed by atoms with Gasteiger partial charge in [0.05, 0.1) is 11.0 Å². The first-order chi connectivity index (χ1) is 9.12. The van der Waals surface area contributed by atoms with E-state index in [0.29, 0.717) is 0 Å². The molecule has 2 nitrogen and oxygen atoms in total. The van der Waals surface area contributed by atoms with Gasteiger partial charge in [-0.15, -0.1) is 0 Å². The lowest BCUT2D eigenvalue weighted by molar-refractivity contribution is 0.492. The second-order valence-electron chi connectivity index (χ2n) is 5.65. The second-order valence-corrected chi connectivity index (χ2v) is 5.65. The quantitative estimate of drug-likeness (QED) is 0.627. The van der Waals surface area contributed by atoms with Gasteiger partial charge in [-0.1, -0.05) is 45.0 Å². The minimum Gasteiger partial charge on any atom is -0.254 e. The van der Waals surface area contributed by atoms with Crippen LogP contribution in [0.4, 0.5) is 0 Å². The van der Waals surface area contributed by atoms with Gasteiger partial charge in [-0.25, -0.2) is 4.98 Å². The molecule has 2 heteroatoms. The predicted octanol–water partition coefficient (Wildman–Crippen LogP) is 4.47. The summed E-state index contributed by atoms with van der Waals surface area (Å²) >= 11 is 0. The largest absolute Gasteiger partial charge is 0.254 e. The molecule has 0 aliphatic carbocycles. The highest BCUT2D eigenvalue weighted by atomic mass is 14.8. The Kier molecular flexibility index (Phi) is 2.74. The molecule has 1 aromatic carbocycles. The van der Waals surface area contributed by atoms with Gasteiger partial charge in [0, 0.05) is 28.1 Å². The van der Waals surface area contributed by atoms with E-state index in [2.05, 4.69) is 56.1 Å². The topological polar surface area (TPSA) is 25.8 Å². The standard InChI is InChI=1S/C17H18N2/c1-4-17(2,3)14-10-9-13-8-7-12-6-5-11-18-15(12)16(13)19-14/h5-11H,4H2,1-3H3. The molecule has 0 N–H and O–H groups in total. The highest BCUT2D eigenvalue weighted by Gasteiger charge is 2.20. The van der Waals surface area contributed by atoms with Gasteiger partial charge in [0.15, 0.2) is 0 Å². The molecule has 0 fully saturated rings. The lowest BCUT2D eigenvalue weighted by Gasteiger charge is -2.22. The van der Waals surface area contributed by atoms with Crippen molar-refractivity contribution in [3.05, 3.63) is 48.3 Å². The second kappa shape index (κ2) is 4.30. The van der Waals surface area contributed by atoms with Crippen molar-refractivity contribution in [2.24, 2.45) is 0 Å². The van der Waals surface area contributed by atoms with Crippen LogP contribution >= 0.6 is 0 Å². The molecule has 0 unspecified atom stereocenters. The summed E-state index contributed by atoms with van der Waals surface area (Å²) in [6.45, 7) is 6.67. The van der Waals surface area contributed by atoms with E-state index < -0.39 is 0 Å². The molecule has 2 heterocycles. The van der Waals surface area contributed by atoms with Crippen molar-refractivity contribution in [2.45, 2.75) is 32.6 Å². The Morgan fingerprint density at radius 1 is 0.947 bits per heavy atom. The molecule has 0 amide bonds. The van der Waals surface area contributed by atoms with Gasteiger partial charge in [-0.05, 0) is 18.6 Å². The highest BCUT2D eigenvalue weighted by Crippen LogP contribution is 2.29. The van der Waals surface area contributed by atoms with Crippen LogP contribution in [0, 0.1) is 0 Å². The number of fused-ring (bicyclic) bond motifs is 3. The van der Waals surface area contributed by atoms with Crippen molar-refractivity contribution < 1.29 is 0 Å². The van der Waals surface area contributed by atoms with Crippen LogP contribution in [0.1, 0.15) is 32.9 Å². The first-order valence-corrected chi connectivity index (χ1v) is 6.77. The van der Waals surface area contributed by atoms with E-state index in [9.17, 15) is 0 Å². The van der Waals surface area contributed by atoms with E-state index in [1.807, 2.05) is 12.3 Å². The first-order valence-electron chi connectivity index (χ1n) is 6.77. The molecule has 0 bridgehead atoms. The van der Waals surface area contributed by atoms with Crippen LogP contribution in [0.3, 0.4) is 0 Å². The number of hydrogen-bond acceptors (Lipinski definition) is 2. The number of hydrogen-bond donors (Lipinski definition) is 0. The fraction of sp³-hybridized carbons (Fsp3) is 0.294. The number of pyridine rings is 2. The molecule has 96 valence electrons. The molecule has 0 aliphatic rings. The van der Waals surface area contributed by atoms with E-state index in [-0.39, 0.29) is 5.41 Å². The third kappa shape index (κ3) is 1.97. The van der Waals surface area contributed by atoms with E-state index >= 15 is 0 Å². The summed E-state index contributed by atoms with van der Waals surface area (Å²) in [7, 11) is 0. The first kappa shape index (κ1) is 12.1. The van der Waals surface area contributed by atoms with Crippen molar-refractivity contribution in [1.82, 2.24) is 9.97 Å². The van der Waals surface area contributed by atoms with Crippen molar-refractivity contribution in [2.75, 3.05) is 0 Å². The molecular weight excluding hydrogens is 232 g/mol. The third-order valence-corrected chi connectivity index (χ3v) is 4.01. The average molecular weight is 250 g/mol. The molecule has 0 atom stereocenters. The Hall–Kier alpha value is -1.96. The summed E-state index contributed by atoms with van der Waals surface area (Å²) in [5.41, 5.74) is 3.25. The number of benzene rings is 1. The molecule has 3 rings (SSSR count). The van der Waals surface area contributed by atoms with Gasteiger partial charge in [-0.3, -0.25) is 4.98 Å². The summed E-state index contributed by atoms with van der Waals surface area (Å²) in [6, 6.07) is 12.6. The van der Waals surface area contributed by atoms with Crippen LogP contribution in [0.2, 0.25) is 0 Å². The molecule has 0 aliphatic heterocycles. The van der Waals surface area contributed by atoms with Crippen LogP contribution in [0.5, 0.6) is 0 Å². The third-order valence-electron chi connectivity index (χ3n) is 4.01. The van der Waals surface area contributed by atoms with Crippen LogP contribution < -0.4 is 0 Å². The Bertz CT molecular complexity index is 744. The van der Waals surface area contributed by atoms with Gasteiger partial charge in [0.1, 0.15) is 0 Å². The molecule has 3 aromatic rings. The number of aromatic nitrogens is 2. The van der Waals surface area contributed by atoms with Crippen LogP contribution in [-0.4, -0.2) is 9.97 Å². The Labute approximate surface area is 113 Å². The minimum absolute atomic E-state index is 0.102. The molecule has 0 radical (unpaired) electrons. The van der Waals surface area contributed by atoms with Crippen molar-refractivity contribution >= 4 is 21.8 Å². The maximum atomic E-state index is 4.88. The lowest BCUT2D eigenvalue weighted by Crippen LogP contribution is -2.17. The average Bonchev–Trinajstić information content (AvgIpc) is 2.46. The van der Waals surface area contributed by atoms with Crippen LogP contribution in [-0.2, 0) is 5.41 Å². The Balaban J connectivity index is 2.34. The Morgan fingerprint density at radius 3 is 2.37 bits per heavy atom. The van der Waals surface area contributed by atoms with E-state index in [1.54, 1.807) is 0 Å². The number of rotatable bonds is 2. The van der Waals surface area contributed by atoms with Gasteiger partial charge < -0.3 is 0 Å². The summed E-state index contributed by atoms with van der Waals surface area (Å²) in [4.78, 5) is 9.38. The monoisotopic (exact) mass is 250 g/mol. The van der Waals surface area contributed by atoms with Gasteiger partial charge in [0.25, 0.3) is 0 Å². The normalized spacial score (nSPS) is 12.2. The van der Waals surface area contributed by atoms with E-state index in [4.69, 9.17) is 4.98 Å². The number of nitrogens with zero attached hydrogens (tertiary/aromatic N) is 2. The minimum atomic E-state index is 0.102. The molecule has 19 heavy (non-hydrogen) atoms. The zero-order valence-corrected chi connectivity index (χ0v) is 11.6. The van der Waals surface area contributed by atoms with Gasteiger partial charge in [-0.2, -0.15) is 0 Å². The fourth-order valence-corrected chi connectivity index (χ4v) is 2.28. The predicted molar refractivity (Wildman–Crippen MR) is 80.4 cm³/mol. The van der Waals surface area contributed by atoms with Gasteiger partial charge in [0.2, 0.25) is 0 Å².